The van der Waals surface area contributed by atoms with Gasteiger partial charge in [0.15, 0.2) is 0 Å². The van der Waals surface area contributed by atoms with E-state index in [2.05, 4.69) is 24.3 Å². The minimum atomic E-state index is 0.764. The summed E-state index contributed by atoms with van der Waals surface area (Å²) in [6.45, 7) is 3.57. The number of hydrogen-bond donors (Lipinski definition) is 1. The molecule has 4 saturated carbocycles. The van der Waals surface area contributed by atoms with Gasteiger partial charge in [0.25, 0.3) is 0 Å². The van der Waals surface area contributed by atoms with Gasteiger partial charge in [-0.05, 0) is 88.8 Å². The van der Waals surface area contributed by atoms with Gasteiger partial charge in [-0.1, -0.05) is 0 Å². The fourth-order valence-electron chi connectivity index (χ4n) is 5.38. The average Bonchev–Trinajstić information content (AvgIpc) is 2.25. The highest BCUT2D eigenvalue weighted by Crippen LogP contribution is 2.61. The van der Waals surface area contributed by atoms with Crippen LogP contribution in [0.4, 0.5) is 0 Å². The molecule has 0 amide bonds. The number of nitrogens with one attached hydrogen (secondary N) is 1. The predicted molar refractivity (Wildman–Crippen MR) is 76.6 cm³/mol. The minimum absolute atomic E-state index is 0.764. The van der Waals surface area contributed by atoms with Gasteiger partial charge in [0, 0.05) is 13.1 Å². The Morgan fingerprint density at radius 2 is 1.50 bits per heavy atom. The van der Waals surface area contributed by atoms with Gasteiger partial charge < -0.3 is 10.2 Å². The molecule has 18 heavy (non-hydrogen) atoms. The van der Waals surface area contributed by atoms with Crippen molar-refractivity contribution in [1.29, 1.82) is 0 Å². The number of hydrogen-bond acceptors (Lipinski definition) is 2. The molecular formula is C16H30N2. The van der Waals surface area contributed by atoms with E-state index in [1.54, 1.807) is 38.5 Å². The second kappa shape index (κ2) is 5.13. The topological polar surface area (TPSA) is 15.3 Å². The van der Waals surface area contributed by atoms with Crippen LogP contribution in [0.5, 0.6) is 0 Å². The molecule has 0 aromatic carbocycles. The summed E-state index contributed by atoms with van der Waals surface area (Å²) in [6.07, 6.45) is 10.9. The van der Waals surface area contributed by atoms with Crippen molar-refractivity contribution < 1.29 is 0 Å². The van der Waals surface area contributed by atoms with E-state index >= 15 is 0 Å². The summed E-state index contributed by atoms with van der Waals surface area (Å²) < 4.78 is 0. The molecule has 1 N–H and O–H groups in total. The molecule has 2 nitrogen and oxygen atoms in total. The minimum Gasteiger partial charge on any atom is -0.315 e. The van der Waals surface area contributed by atoms with Crippen LogP contribution in [-0.2, 0) is 0 Å². The third-order valence-corrected chi connectivity index (χ3v) is 5.73. The highest BCUT2D eigenvalue weighted by molar-refractivity contribution is 5.01. The smallest absolute Gasteiger partial charge is 0.0101 e. The Kier molecular flexibility index (Phi) is 3.68. The summed E-state index contributed by atoms with van der Waals surface area (Å²) in [7, 11) is 4.31. The molecule has 0 aliphatic heterocycles. The van der Waals surface area contributed by atoms with E-state index in [-0.39, 0.29) is 0 Å². The summed E-state index contributed by atoms with van der Waals surface area (Å²) >= 11 is 0. The van der Waals surface area contributed by atoms with Crippen molar-refractivity contribution in [2.45, 2.75) is 44.9 Å². The summed E-state index contributed by atoms with van der Waals surface area (Å²) in [4.78, 5) is 2.26. The van der Waals surface area contributed by atoms with E-state index in [0.717, 1.165) is 29.7 Å². The van der Waals surface area contributed by atoms with Crippen LogP contribution in [0.2, 0.25) is 0 Å². The molecule has 4 fully saturated rings. The molecule has 0 heterocycles. The van der Waals surface area contributed by atoms with E-state index < -0.39 is 0 Å². The molecule has 4 rings (SSSR count). The van der Waals surface area contributed by atoms with Crippen molar-refractivity contribution >= 4 is 0 Å². The van der Waals surface area contributed by atoms with E-state index in [1.807, 2.05) is 0 Å². The monoisotopic (exact) mass is 250 g/mol. The Hall–Kier alpha value is -0.0800. The molecule has 0 unspecified atom stereocenters. The highest BCUT2D eigenvalue weighted by Gasteiger charge is 2.50. The second-order valence-corrected chi connectivity index (χ2v) is 7.72. The summed E-state index contributed by atoms with van der Waals surface area (Å²) in [6, 6.07) is 0. The first kappa shape index (κ1) is 12.9. The third kappa shape index (κ3) is 2.75. The summed E-state index contributed by atoms with van der Waals surface area (Å²) in [5.74, 6) is 3.33. The van der Waals surface area contributed by atoms with Crippen molar-refractivity contribution in [2.24, 2.45) is 23.2 Å². The third-order valence-electron chi connectivity index (χ3n) is 5.73. The first-order chi connectivity index (χ1) is 8.65. The maximum Gasteiger partial charge on any atom is 0.0101 e. The standard InChI is InChI=1S/C16H30N2/c1-18(2)6-5-17-4-3-16-10-13-7-14(11-16)9-15(8-13)12-16/h13-15,17H,3-12H2,1-2H3. The van der Waals surface area contributed by atoms with Crippen LogP contribution < -0.4 is 5.32 Å². The highest BCUT2D eigenvalue weighted by atomic mass is 15.1. The van der Waals surface area contributed by atoms with Gasteiger partial charge in [0.1, 0.15) is 0 Å². The van der Waals surface area contributed by atoms with Crippen LogP contribution in [0.25, 0.3) is 0 Å². The molecule has 0 aromatic heterocycles. The van der Waals surface area contributed by atoms with Gasteiger partial charge in [0.2, 0.25) is 0 Å². The van der Waals surface area contributed by atoms with Crippen molar-refractivity contribution in [2.75, 3.05) is 33.7 Å². The van der Waals surface area contributed by atoms with E-state index in [9.17, 15) is 0 Å². The van der Waals surface area contributed by atoms with E-state index in [1.165, 1.54) is 19.5 Å². The van der Waals surface area contributed by atoms with E-state index in [0.29, 0.717) is 0 Å². The quantitative estimate of drug-likeness (QED) is 0.729. The first-order valence-corrected chi connectivity index (χ1v) is 8.01. The first-order valence-electron chi connectivity index (χ1n) is 8.01. The predicted octanol–water partition coefficient (Wildman–Crippen LogP) is 2.74. The lowest BCUT2D eigenvalue weighted by atomic mass is 9.49. The van der Waals surface area contributed by atoms with Gasteiger partial charge >= 0.3 is 0 Å². The van der Waals surface area contributed by atoms with Crippen molar-refractivity contribution in [3.63, 3.8) is 0 Å². The maximum atomic E-state index is 3.65. The zero-order valence-corrected chi connectivity index (χ0v) is 12.3. The van der Waals surface area contributed by atoms with Crippen LogP contribution in [0.3, 0.4) is 0 Å². The second-order valence-electron chi connectivity index (χ2n) is 7.72. The zero-order valence-electron chi connectivity index (χ0n) is 12.3. The molecule has 0 spiro atoms. The summed E-state index contributed by atoms with van der Waals surface area (Å²) in [5.41, 5.74) is 0.764. The average molecular weight is 250 g/mol. The van der Waals surface area contributed by atoms with Crippen molar-refractivity contribution in [1.82, 2.24) is 10.2 Å². The molecule has 104 valence electrons. The lowest BCUT2D eigenvalue weighted by Gasteiger charge is -2.57. The number of nitrogens with zero attached hydrogens (tertiary/aromatic N) is 1. The molecule has 0 aromatic rings. The molecule has 4 aliphatic carbocycles. The normalized spacial score (nSPS) is 41.8. The fraction of sp³-hybridized carbons (Fsp3) is 1.00. The van der Waals surface area contributed by atoms with Gasteiger partial charge in [-0.25, -0.2) is 0 Å². The van der Waals surface area contributed by atoms with Crippen LogP contribution >= 0.6 is 0 Å². The van der Waals surface area contributed by atoms with Crippen LogP contribution in [0.15, 0.2) is 0 Å². The Balaban J connectivity index is 1.45. The number of likely N-dealkylation sites (N-methyl/N-ethyl adjacent to an activating group) is 1. The van der Waals surface area contributed by atoms with E-state index in [4.69, 9.17) is 0 Å². The molecule has 2 heteroatoms. The molecule has 0 atom stereocenters. The van der Waals surface area contributed by atoms with Gasteiger partial charge in [-0.3, -0.25) is 0 Å². The molecule has 0 radical (unpaired) electrons. The fourth-order valence-corrected chi connectivity index (χ4v) is 5.38. The largest absolute Gasteiger partial charge is 0.315 e. The Morgan fingerprint density at radius 1 is 0.944 bits per heavy atom. The van der Waals surface area contributed by atoms with Crippen molar-refractivity contribution in [3.05, 3.63) is 0 Å². The SMILES string of the molecule is CN(C)CCNCCC12CC3CC(CC(C3)C1)C2. The van der Waals surface area contributed by atoms with Gasteiger partial charge in [-0.2, -0.15) is 0 Å². The molecule has 4 aliphatic rings. The van der Waals surface area contributed by atoms with Crippen molar-refractivity contribution in [3.8, 4) is 0 Å². The Morgan fingerprint density at radius 3 is 2.00 bits per heavy atom. The number of rotatable bonds is 6. The Labute approximate surface area is 113 Å². The van der Waals surface area contributed by atoms with Crippen LogP contribution in [0.1, 0.15) is 44.9 Å². The maximum absolute atomic E-state index is 3.65. The van der Waals surface area contributed by atoms with Crippen LogP contribution in [-0.4, -0.2) is 38.6 Å². The molecule has 4 bridgehead atoms. The van der Waals surface area contributed by atoms with Gasteiger partial charge in [-0.15, -0.1) is 0 Å². The van der Waals surface area contributed by atoms with Gasteiger partial charge in [0.05, 0.1) is 0 Å². The van der Waals surface area contributed by atoms with Crippen LogP contribution in [0, 0.1) is 23.2 Å². The lowest BCUT2D eigenvalue weighted by Crippen LogP contribution is -2.47. The lowest BCUT2D eigenvalue weighted by molar-refractivity contribution is -0.0567. The Bertz CT molecular complexity index is 250. The molecular weight excluding hydrogens is 220 g/mol. The zero-order chi connectivity index (χ0) is 12.6. The summed E-state index contributed by atoms with van der Waals surface area (Å²) in [5, 5.41) is 3.65. The molecule has 0 saturated heterocycles.